The van der Waals surface area contributed by atoms with Crippen molar-refractivity contribution in [1.82, 2.24) is 5.32 Å². The van der Waals surface area contributed by atoms with Crippen LogP contribution in [0, 0.1) is 17.3 Å². The summed E-state index contributed by atoms with van der Waals surface area (Å²) < 4.78 is 0. The van der Waals surface area contributed by atoms with E-state index in [1.54, 1.807) is 12.8 Å². The van der Waals surface area contributed by atoms with E-state index in [9.17, 15) is 0 Å². The van der Waals surface area contributed by atoms with Crippen LogP contribution in [-0.2, 0) is 0 Å². The molecule has 0 aromatic rings. The molecule has 0 amide bonds. The lowest BCUT2D eigenvalue weighted by atomic mass is 9.53. The molecule has 0 radical (unpaired) electrons. The van der Waals surface area contributed by atoms with E-state index in [1.165, 1.54) is 32.4 Å². The zero-order valence-corrected chi connectivity index (χ0v) is 7.10. The van der Waals surface area contributed by atoms with Crippen LogP contribution in [0.1, 0.15) is 32.1 Å². The second-order valence-corrected chi connectivity index (χ2v) is 4.72. The molecular weight excluding hydrogens is 134 g/mol. The Morgan fingerprint density at radius 1 is 1.00 bits per heavy atom. The van der Waals surface area contributed by atoms with Gasteiger partial charge in [-0.15, -0.1) is 0 Å². The third-order valence-corrected chi connectivity index (χ3v) is 4.56. The maximum atomic E-state index is 3.58. The lowest BCUT2D eigenvalue weighted by molar-refractivity contribution is -0.0344. The molecule has 2 saturated carbocycles. The lowest BCUT2D eigenvalue weighted by Gasteiger charge is -2.55. The summed E-state index contributed by atoms with van der Waals surface area (Å²) in [5.74, 6) is 2.14. The number of piperidine rings is 1. The molecule has 1 aliphatic heterocycles. The van der Waals surface area contributed by atoms with Gasteiger partial charge < -0.3 is 5.32 Å². The molecule has 0 aromatic carbocycles. The minimum Gasteiger partial charge on any atom is -0.316 e. The maximum absolute atomic E-state index is 3.58. The number of nitrogens with one attached hydrogen (secondary N) is 1. The van der Waals surface area contributed by atoms with Gasteiger partial charge in [-0.2, -0.15) is 0 Å². The first-order chi connectivity index (χ1) is 5.42. The average Bonchev–Trinajstić information content (AvgIpc) is 2.40. The molecule has 0 bridgehead atoms. The zero-order chi connectivity index (χ0) is 7.31. The molecule has 1 spiro atoms. The standard InChI is InChI=1S/C10H17N/c1-2-8-6-11-7-9-3-5-10(8,9)4-1/h8-9,11H,1-7H2. The van der Waals surface area contributed by atoms with Crippen molar-refractivity contribution in [2.75, 3.05) is 13.1 Å². The van der Waals surface area contributed by atoms with Gasteiger partial charge in [-0.05, 0) is 56.0 Å². The Hall–Kier alpha value is -0.0400. The molecule has 2 aliphatic carbocycles. The van der Waals surface area contributed by atoms with Crippen LogP contribution >= 0.6 is 0 Å². The molecule has 62 valence electrons. The Bertz CT molecular complexity index is 178. The highest BCUT2D eigenvalue weighted by atomic mass is 14.9. The fraction of sp³-hybridized carbons (Fsp3) is 1.00. The smallest absolute Gasteiger partial charge is 0.00150 e. The van der Waals surface area contributed by atoms with Crippen molar-refractivity contribution in [1.29, 1.82) is 0 Å². The van der Waals surface area contributed by atoms with Gasteiger partial charge in [0.25, 0.3) is 0 Å². The maximum Gasteiger partial charge on any atom is -0.00150 e. The Balaban J connectivity index is 1.90. The molecule has 3 unspecified atom stereocenters. The molecule has 1 saturated heterocycles. The van der Waals surface area contributed by atoms with Crippen molar-refractivity contribution >= 4 is 0 Å². The Kier molecular flexibility index (Phi) is 1.18. The van der Waals surface area contributed by atoms with Crippen LogP contribution in [0.25, 0.3) is 0 Å². The number of rotatable bonds is 0. The van der Waals surface area contributed by atoms with E-state index in [-0.39, 0.29) is 0 Å². The first-order valence-electron chi connectivity index (χ1n) is 5.12. The van der Waals surface area contributed by atoms with Gasteiger partial charge in [-0.3, -0.25) is 0 Å². The number of hydrogen-bond acceptors (Lipinski definition) is 1. The Labute approximate surface area is 68.6 Å². The van der Waals surface area contributed by atoms with Crippen molar-refractivity contribution in [3.8, 4) is 0 Å². The van der Waals surface area contributed by atoms with Crippen LogP contribution in [0.4, 0.5) is 0 Å². The highest BCUT2D eigenvalue weighted by Gasteiger charge is 2.55. The van der Waals surface area contributed by atoms with Crippen molar-refractivity contribution in [2.45, 2.75) is 32.1 Å². The molecule has 11 heavy (non-hydrogen) atoms. The van der Waals surface area contributed by atoms with Crippen LogP contribution in [-0.4, -0.2) is 13.1 Å². The SMILES string of the molecule is C1CC2CNCC3CCC23C1. The number of hydrogen-bond donors (Lipinski definition) is 1. The second-order valence-electron chi connectivity index (χ2n) is 4.72. The predicted molar refractivity (Wildman–Crippen MR) is 45.4 cm³/mol. The van der Waals surface area contributed by atoms with Crippen molar-refractivity contribution in [3.05, 3.63) is 0 Å². The highest BCUT2D eigenvalue weighted by molar-refractivity contribution is 5.06. The summed E-state index contributed by atoms with van der Waals surface area (Å²) in [5.41, 5.74) is 0.866. The predicted octanol–water partition coefficient (Wildman–Crippen LogP) is 1.79. The van der Waals surface area contributed by atoms with Crippen molar-refractivity contribution < 1.29 is 0 Å². The van der Waals surface area contributed by atoms with Crippen molar-refractivity contribution in [3.63, 3.8) is 0 Å². The summed E-state index contributed by atoms with van der Waals surface area (Å²) in [6.45, 7) is 2.66. The van der Waals surface area contributed by atoms with Gasteiger partial charge in [-0.1, -0.05) is 6.42 Å². The van der Waals surface area contributed by atoms with Gasteiger partial charge >= 0.3 is 0 Å². The van der Waals surface area contributed by atoms with E-state index < -0.39 is 0 Å². The zero-order valence-electron chi connectivity index (χ0n) is 7.10. The highest BCUT2D eigenvalue weighted by Crippen LogP contribution is 2.61. The fourth-order valence-corrected chi connectivity index (χ4v) is 3.80. The summed E-state index contributed by atoms with van der Waals surface area (Å²) in [5, 5.41) is 3.58. The Morgan fingerprint density at radius 3 is 2.45 bits per heavy atom. The molecule has 1 heteroatoms. The quantitative estimate of drug-likeness (QED) is 0.556. The van der Waals surface area contributed by atoms with Crippen LogP contribution in [0.5, 0.6) is 0 Å². The van der Waals surface area contributed by atoms with Gasteiger partial charge in [-0.25, -0.2) is 0 Å². The Morgan fingerprint density at radius 2 is 1.82 bits per heavy atom. The van der Waals surface area contributed by atoms with Crippen LogP contribution < -0.4 is 5.32 Å². The van der Waals surface area contributed by atoms with E-state index >= 15 is 0 Å². The molecular formula is C10H17N. The van der Waals surface area contributed by atoms with Gasteiger partial charge in [0.15, 0.2) is 0 Å². The summed E-state index contributed by atoms with van der Waals surface area (Å²) in [6, 6.07) is 0. The first-order valence-corrected chi connectivity index (χ1v) is 5.12. The molecule has 1 heterocycles. The molecule has 3 atom stereocenters. The van der Waals surface area contributed by atoms with Gasteiger partial charge in [0, 0.05) is 0 Å². The molecule has 0 aromatic heterocycles. The van der Waals surface area contributed by atoms with Crippen LogP contribution in [0.15, 0.2) is 0 Å². The normalized spacial score (nSPS) is 54.5. The van der Waals surface area contributed by atoms with Gasteiger partial charge in [0.2, 0.25) is 0 Å². The van der Waals surface area contributed by atoms with Crippen molar-refractivity contribution in [2.24, 2.45) is 17.3 Å². The summed E-state index contributed by atoms with van der Waals surface area (Å²) in [6.07, 6.45) is 7.67. The van der Waals surface area contributed by atoms with E-state index in [0.29, 0.717) is 0 Å². The second kappa shape index (κ2) is 2.01. The fourth-order valence-electron chi connectivity index (χ4n) is 3.80. The third kappa shape index (κ3) is 0.658. The van der Waals surface area contributed by atoms with Crippen LogP contribution in [0.2, 0.25) is 0 Å². The minimum absolute atomic E-state index is 0.866. The first kappa shape index (κ1) is 6.47. The van der Waals surface area contributed by atoms with Gasteiger partial charge in [0.1, 0.15) is 0 Å². The van der Waals surface area contributed by atoms with Crippen LogP contribution in [0.3, 0.4) is 0 Å². The summed E-state index contributed by atoms with van der Waals surface area (Å²) in [7, 11) is 0. The van der Waals surface area contributed by atoms with E-state index in [0.717, 1.165) is 17.3 Å². The molecule has 1 N–H and O–H groups in total. The molecule has 3 aliphatic rings. The molecule has 3 fully saturated rings. The van der Waals surface area contributed by atoms with E-state index in [4.69, 9.17) is 0 Å². The minimum atomic E-state index is 0.866. The summed E-state index contributed by atoms with van der Waals surface area (Å²) in [4.78, 5) is 0. The van der Waals surface area contributed by atoms with Gasteiger partial charge in [0.05, 0.1) is 0 Å². The largest absolute Gasteiger partial charge is 0.316 e. The van der Waals surface area contributed by atoms with E-state index in [2.05, 4.69) is 5.32 Å². The molecule has 3 rings (SSSR count). The topological polar surface area (TPSA) is 12.0 Å². The monoisotopic (exact) mass is 151 g/mol. The molecule has 1 nitrogen and oxygen atoms in total. The average molecular weight is 151 g/mol. The summed E-state index contributed by atoms with van der Waals surface area (Å²) >= 11 is 0. The third-order valence-electron chi connectivity index (χ3n) is 4.56. The van der Waals surface area contributed by atoms with E-state index in [1.807, 2.05) is 0 Å². The lowest BCUT2D eigenvalue weighted by Crippen LogP contribution is -2.55.